The molecule has 3 heteroatoms. The first kappa shape index (κ1) is 9.64. The average molecular weight is 159 g/mol. The smallest absolute Gasteiger partial charge is 0.119 e. The molecule has 0 aromatic heterocycles. The van der Waals surface area contributed by atoms with E-state index in [9.17, 15) is 4.21 Å². The van der Waals surface area contributed by atoms with Crippen molar-refractivity contribution in [2.75, 3.05) is 0 Å². The van der Waals surface area contributed by atoms with E-state index in [0.29, 0.717) is 0 Å². The molecular weight excluding hydrogens is 146 g/mol. The zero-order valence-electron chi connectivity index (χ0n) is 6.84. The predicted molar refractivity (Wildman–Crippen MR) is 43.0 cm³/mol. The highest BCUT2D eigenvalue weighted by atomic mass is 32.2. The molecule has 0 rings (SSSR count). The van der Waals surface area contributed by atoms with Crippen LogP contribution in [-0.4, -0.2) is 14.2 Å². The Morgan fingerprint density at radius 2 is 1.90 bits per heavy atom. The normalized spacial score (nSPS) is 17.5. The SMILES string of the molecule is CC(C#N)S(=O)C(C)(C)C. The highest BCUT2D eigenvalue weighted by molar-refractivity contribution is 7.87. The molecule has 58 valence electrons. The summed E-state index contributed by atoms with van der Waals surface area (Å²) >= 11 is 0. The lowest BCUT2D eigenvalue weighted by molar-refractivity contribution is 0.645. The van der Waals surface area contributed by atoms with Gasteiger partial charge in [0.25, 0.3) is 0 Å². The van der Waals surface area contributed by atoms with Crippen molar-refractivity contribution in [2.24, 2.45) is 0 Å². The van der Waals surface area contributed by atoms with Crippen molar-refractivity contribution in [3.8, 4) is 6.07 Å². The van der Waals surface area contributed by atoms with Crippen molar-refractivity contribution in [3.63, 3.8) is 0 Å². The van der Waals surface area contributed by atoms with Crippen molar-refractivity contribution in [3.05, 3.63) is 0 Å². The molecule has 0 N–H and O–H groups in total. The summed E-state index contributed by atoms with van der Waals surface area (Å²) in [6.07, 6.45) is 0. The lowest BCUT2D eigenvalue weighted by atomic mass is 10.3. The van der Waals surface area contributed by atoms with Crippen molar-refractivity contribution < 1.29 is 4.21 Å². The molecule has 2 unspecified atom stereocenters. The summed E-state index contributed by atoms with van der Waals surface area (Å²) in [4.78, 5) is 0. The fourth-order valence-electron chi connectivity index (χ4n) is 0.578. The molecule has 0 aromatic carbocycles. The van der Waals surface area contributed by atoms with Gasteiger partial charge in [-0.05, 0) is 27.7 Å². The first-order valence-corrected chi connectivity index (χ1v) is 4.41. The molecular formula is C7H13NOS. The van der Waals surface area contributed by atoms with Crippen molar-refractivity contribution in [1.82, 2.24) is 0 Å². The first-order valence-electron chi connectivity index (χ1n) is 3.20. The van der Waals surface area contributed by atoms with Crippen LogP contribution in [0.2, 0.25) is 0 Å². The number of nitriles is 1. The number of rotatable bonds is 1. The average Bonchev–Trinajstić information content (AvgIpc) is 1.83. The molecule has 0 aliphatic heterocycles. The predicted octanol–water partition coefficient (Wildman–Crippen LogP) is 1.45. The van der Waals surface area contributed by atoms with Crippen LogP contribution in [0.25, 0.3) is 0 Å². The van der Waals surface area contributed by atoms with Gasteiger partial charge in [0.05, 0.1) is 6.07 Å². The van der Waals surface area contributed by atoms with Crippen LogP contribution in [0.15, 0.2) is 0 Å². The van der Waals surface area contributed by atoms with E-state index in [4.69, 9.17) is 5.26 Å². The molecule has 0 aliphatic rings. The summed E-state index contributed by atoms with van der Waals surface area (Å²) in [7, 11) is -1.04. The van der Waals surface area contributed by atoms with Crippen LogP contribution in [0, 0.1) is 11.3 Å². The number of hydrogen-bond acceptors (Lipinski definition) is 2. The maximum atomic E-state index is 11.3. The highest BCUT2D eigenvalue weighted by Crippen LogP contribution is 2.14. The summed E-state index contributed by atoms with van der Waals surface area (Å²) < 4.78 is 11.0. The molecule has 0 fully saturated rings. The summed E-state index contributed by atoms with van der Waals surface area (Å²) in [5, 5.41) is 8.06. The molecule has 0 saturated carbocycles. The van der Waals surface area contributed by atoms with Gasteiger partial charge in [0.2, 0.25) is 0 Å². The van der Waals surface area contributed by atoms with E-state index in [-0.39, 0.29) is 10.00 Å². The second kappa shape index (κ2) is 3.16. The Kier molecular flexibility index (Phi) is 3.04. The van der Waals surface area contributed by atoms with Gasteiger partial charge in [-0.3, -0.25) is 4.21 Å². The third kappa shape index (κ3) is 2.49. The van der Waals surface area contributed by atoms with Gasteiger partial charge in [-0.1, -0.05) is 0 Å². The fourth-order valence-corrected chi connectivity index (χ4v) is 1.73. The largest absolute Gasteiger partial charge is 0.258 e. The molecule has 0 heterocycles. The van der Waals surface area contributed by atoms with Gasteiger partial charge in [0.1, 0.15) is 5.25 Å². The lowest BCUT2D eigenvalue weighted by Crippen LogP contribution is -2.28. The van der Waals surface area contributed by atoms with E-state index in [1.54, 1.807) is 6.92 Å². The van der Waals surface area contributed by atoms with Gasteiger partial charge in [-0.15, -0.1) is 0 Å². The summed E-state index contributed by atoms with van der Waals surface area (Å²) in [5.41, 5.74) is 0. The zero-order chi connectivity index (χ0) is 8.36. The van der Waals surface area contributed by atoms with Gasteiger partial charge in [0.15, 0.2) is 0 Å². The molecule has 0 aromatic rings. The lowest BCUT2D eigenvalue weighted by Gasteiger charge is -2.18. The second-order valence-electron chi connectivity index (χ2n) is 3.18. The van der Waals surface area contributed by atoms with Gasteiger partial charge in [-0.25, -0.2) is 0 Å². The molecule has 0 bridgehead atoms. The molecule has 0 spiro atoms. The van der Waals surface area contributed by atoms with Crippen molar-refractivity contribution in [1.29, 1.82) is 5.26 Å². The molecule has 0 amide bonds. The van der Waals surface area contributed by atoms with E-state index >= 15 is 0 Å². The Morgan fingerprint density at radius 1 is 1.50 bits per heavy atom. The molecule has 0 aliphatic carbocycles. The topological polar surface area (TPSA) is 40.9 Å². The van der Waals surface area contributed by atoms with Crippen LogP contribution in [0.4, 0.5) is 0 Å². The van der Waals surface area contributed by atoms with Crippen LogP contribution in [0.5, 0.6) is 0 Å². The first-order chi connectivity index (χ1) is 4.39. The Balaban J connectivity index is 4.27. The van der Waals surface area contributed by atoms with Gasteiger partial charge in [0, 0.05) is 15.5 Å². The maximum Gasteiger partial charge on any atom is 0.119 e. The van der Waals surface area contributed by atoms with Crippen molar-refractivity contribution >= 4 is 10.8 Å². The summed E-state index contributed by atoms with van der Waals surface area (Å²) in [6, 6.07) is 1.97. The van der Waals surface area contributed by atoms with Crippen LogP contribution in [0.1, 0.15) is 27.7 Å². The van der Waals surface area contributed by atoms with Crippen molar-refractivity contribution in [2.45, 2.75) is 37.7 Å². The molecule has 10 heavy (non-hydrogen) atoms. The fraction of sp³-hybridized carbons (Fsp3) is 0.857. The minimum absolute atomic E-state index is 0.269. The standard InChI is InChI=1S/C7H13NOS/c1-6(5-8)10(9)7(2,3)4/h6H,1-4H3. The molecule has 2 nitrogen and oxygen atoms in total. The Labute approximate surface area is 64.7 Å². The van der Waals surface area contributed by atoms with Crippen LogP contribution >= 0.6 is 0 Å². The second-order valence-corrected chi connectivity index (χ2v) is 5.71. The minimum atomic E-state index is -1.04. The van der Waals surface area contributed by atoms with Crippen LogP contribution < -0.4 is 0 Å². The van der Waals surface area contributed by atoms with E-state index in [1.165, 1.54) is 0 Å². The Hall–Kier alpha value is -0.360. The van der Waals surface area contributed by atoms with Crippen LogP contribution in [-0.2, 0) is 10.8 Å². The highest BCUT2D eigenvalue weighted by Gasteiger charge is 2.24. The quantitative estimate of drug-likeness (QED) is 0.581. The maximum absolute atomic E-state index is 11.3. The monoisotopic (exact) mass is 159 g/mol. The molecule has 0 saturated heterocycles. The molecule has 0 radical (unpaired) electrons. The van der Waals surface area contributed by atoms with Gasteiger partial charge >= 0.3 is 0 Å². The van der Waals surface area contributed by atoms with Crippen LogP contribution in [0.3, 0.4) is 0 Å². The van der Waals surface area contributed by atoms with E-state index in [0.717, 1.165) is 0 Å². The minimum Gasteiger partial charge on any atom is -0.258 e. The summed E-state index contributed by atoms with van der Waals surface area (Å²) in [6.45, 7) is 7.30. The molecule has 2 atom stereocenters. The number of hydrogen-bond donors (Lipinski definition) is 0. The number of nitrogens with zero attached hydrogens (tertiary/aromatic N) is 1. The third-order valence-corrected chi connectivity index (χ3v) is 3.06. The van der Waals surface area contributed by atoms with Gasteiger partial charge in [-0.2, -0.15) is 5.26 Å². The third-order valence-electron chi connectivity index (χ3n) is 1.11. The Bertz CT molecular complexity index is 175. The van der Waals surface area contributed by atoms with E-state index in [2.05, 4.69) is 0 Å². The summed E-state index contributed by atoms with van der Waals surface area (Å²) in [5.74, 6) is 0. The van der Waals surface area contributed by atoms with E-state index < -0.39 is 10.8 Å². The zero-order valence-corrected chi connectivity index (χ0v) is 7.66. The Morgan fingerprint density at radius 3 is 2.00 bits per heavy atom. The van der Waals surface area contributed by atoms with Gasteiger partial charge < -0.3 is 0 Å². The van der Waals surface area contributed by atoms with E-state index in [1.807, 2.05) is 26.8 Å².